The van der Waals surface area contributed by atoms with Gasteiger partial charge in [-0.05, 0) is 31.0 Å². The summed E-state index contributed by atoms with van der Waals surface area (Å²) in [6.45, 7) is 0. The highest BCUT2D eigenvalue weighted by atomic mass is 79.9. The van der Waals surface area contributed by atoms with Gasteiger partial charge in [0.15, 0.2) is 0 Å². The molecule has 1 aromatic rings. The number of hydrogen-bond acceptors (Lipinski definition) is 2. The zero-order valence-corrected chi connectivity index (χ0v) is 11.5. The first kappa shape index (κ1) is 14.8. The average Bonchev–Trinajstić information content (AvgIpc) is 3.11. The van der Waals surface area contributed by atoms with Gasteiger partial charge >= 0.3 is 12.1 Å². The summed E-state index contributed by atoms with van der Waals surface area (Å²) in [5, 5.41) is 11.0. The molecule has 4 nitrogen and oxygen atoms in total. The Bertz CT molecular complexity index is 582. The third-order valence-electron chi connectivity index (χ3n) is 3.13. The zero-order chi connectivity index (χ0) is 15.1. The van der Waals surface area contributed by atoms with Crippen molar-refractivity contribution in [3.05, 3.63) is 28.2 Å². The number of carbonyl (C=O) groups excluding carboxylic acids is 1. The Hall–Kier alpha value is -1.57. The molecule has 1 aromatic carbocycles. The van der Waals surface area contributed by atoms with Gasteiger partial charge in [-0.3, -0.25) is 9.59 Å². The molecule has 1 fully saturated rings. The molecule has 1 aliphatic carbocycles. The molecule has 8 heteroatoms. The van der Waals surface area contributed by atoms with Crippen LogP contribution in [0, 0.1) is 5.41 Å². The quantitative estimate of drug-likeness (QED) is 0.821. The average molecular weight is 352 g/mol. The van der Waals surface area contributed by atoms with Crippen molar-refractivity contribution in [2.24, 2.45) is 5.41 Å². The van der Waals surface area contributed by atoms with E-state index < -0.39 is 34.7 Å². The third kappa shape index (κ3) is 2.65. The van der Waals surface area contributed by atoms with Gasteiger partial charge in [-0.15, -0.1) is 0 Å². The minimum Gasteiger partial charge on any atom is -0.480 e. The molecule has 2 rings (SSSR count). The van der Waals surface area contributed by atoms with E-state index in [2.05, 4.69) is 21.2 Å². The van der Waals surface area contributed by atoms with Crippen LogP contribution in [0.15, 0.2) is 22.7 Å². The lowest BCUT2D eigenvalue weighted by Crippen LogP contribution is -2.32. The molecule has 108 valence electrons. The summed E-state index contributed by atoms with van der Waals surface area (Å²) in [6.07, 6.45) is -4.38. The first-order valence-electron chi connectivity index (χ1n) is 5.58. The summed E-state index contributed by atoms with van der Waals surface area (Å²) in [7, 11) is 0. The highest BCUT2D eigenvalue weighted by molar-refractivity contribution is 9.10. The second-order valence-electron chi connectivity index (χ2n) is 4.53. The van der Waals surface area contributed by atoms with Gasteiger partial charge in [0.05, 0.1) is 11.3 Å². The maximum atomic E-state index is 12.9. The van der Waals surface area contributed by atoms with Gasteiger partial charge in [-0.2, -0.15) is 13.2 Å². The van der Waals surface area contributed by atoms with Crippen molar-refractivity contribution in [3.63, 3.8) is 0 Å². The van der Waals surface area contributed by atoms with Gasteiger partial charge in [0.25, 0.3) is 0 Å². The molecule has 20 heavy (non-hydrogen) atoms. The Kier molecular flexibility index (Phi) is 3.53. The molecule has 0 spiro atoms. The number of carboxylic acid groups (broad SMARTS) is 1. The number of amides is 1. The summed E-state index contributed by atoms with van der Waals surface area (Å²) in [5.74, 6) is -2.24. The highest BCUT2D eigenvalue weighted by Gasteiger charge is 2.57. The molecule has 2 N–H and O–H groups in total. The van der Waals surface area contributed by atoms with E-state index in [1.807, 2.05) is 0 Å². The first-order valence-corrected chi connectivity index (χ1v) is 6.38. The summed E-state index contributed by atoms with van der Waals surface area (Å²) >= 11 is 2.92. The minimum absolute atomic E-state index is 0.131. The fraction of sp³-hybridized carbons (Fsp3) is 0.333. The van der Waals surface area contributed by atoms with Gasteiger partial charge in [0, 0.05) is 4.47 Å². The van der Waals surface area contributed by atoms with E-state index in [1.165, 1.54) is 6.07 Å². The second kappa shape index (κ2) is 4.76. The lowest BCUT2D eigenvalue weighted by Gasteiger charge is -2.16. The summed E-state index contributed by atoms with van der Waals surface area (Å²) in [4.78, 5) is 22.8. The van der Waals surface area contributed by atoms with Crippen LogP contribution in [0.1, 0.15) is 18.4 Å². The molecule has 0 unspecified atom stereocenters. The fourth-order valence-corrected chi connectivity index (χ4v) is 2.13. The maximum Gasteiger partial charge on any atom is 0.418 e. The van der Waals surface area contributed by atoms with Gasteiger partial charge < -0.3 is 10.4 Å². The molecule has 1 aliphatic rings. The van der Waals surface area contributed by atoms with Crippen LogP contribution in [0.5, 0.6) is 0 Å². The largest absolute Gasteiger partial charge is 0.480 e. The number of carbonyl (C=O) groups is 2. The number of benzene rings is 1. The van der Waals surface area contributed by atoms with Crippen molar-refractivity contribution in [1.82, 2.24) is 0 Å². The van der Waals surface area contributed by atoms with Crippen molar-refractivity contribution >= 4 is 33.5 Å². The molecule has 1 saturated carbocycles. The van der Waals surface area contributed by atoms with Crippen molar-refractivity contribution in [2.75, 3.05) is 5.32 Å². The Balaban J connectivity index is 2.31. The predicted octanol–water partition coefficient (Wildman–Crippen LogP) is 3.27. The Morgan fingerprint density at radius 1 is 1.30 bits per heavy atom. The lowest BCUT2D eigenvalue weighted by atomic mass is 10.1. The van der Waals surface area contributed by atoms with E-state index in [4.69, 9.17) is 5.11 Å². The highest BCUT2D eigenvalue weighted by Crippen LogP contribution is 2.47. The van der Waals surface area contributed by atoms with Crippen LogP contribution >= 0.6 is 15.9 Å². The Morgan fingerprint density at radius 2 is 1.90 bits per heavy atom. The molecular weight excluding hydrogens is 343 g/mol. The van der Waals surface area contributed by atoms with Crippen LogP contribution in [-0.4, -0.2) is 17.0 Å². The number of alkyl halides is 3. The van der Waals surface area contributed by atoms with E-state index in [0.29, 0.717) is 0 Å². The normalized spacial score (nSPS) is 16.6. The van der Waals surface area contributed by atoms with Crippen molar-refractivity contribution in [3.8, 4) is 0 Å². The van der Waals surface area contributed by atoms with Crippen molar-refractivity contribution in [2.45, 2.75) is 19.0 Å². The van der Waals surface area contributed by atoms with E-state index in [1.54, 1.807) is 0 Å². The number of nitrogens with one attached hydrogen (secondary N) is 1. The number of halogens is 4. The van der Waals surface area contributed by atoms with Crippen LogP contribution in [0.2, 0.25) is 0 Å². The lowest BCUT2D eigenvalue weighted by molar-refractivity contribution is -0.147. The summed E-state index contributed by atoms with van der Waals surface area (Å²) in [5.41, 5.74) is -3.06. The monoisotopic (exact) mass is 351 g/mol. The van der Waals surface area contributed by atoms with E-state index in [9.17, 15) is 22.8 Å². The van der Waals surface area contributed by atoms with E-state index in [-0.39, 0.29) is 17.3 Å². The van der Waals surface area contributed by atoms with Crippen LogP contribution < -0.4 is 5.32 Å². The molecule has 0 atom stereocenters. The summed E-state index contributed by atoms with van der Waals surface area (Å²) < 4.78 is 38.8. The van der Waals surface area contributed by atoms with E-state index in [0.717, 1.165) is 12.1 Å². The predicted molar refractivity (Wildman–Crippen MR) is 67.1 cm³/mol. The maximum absolute atomic E-state index is 12.9. The third-order valence-corrected chi connectivity index (χ3v) is 3.62. The number of carboxylic acids is 1. The van der Waals surface area contributed by atoms with Crippen LogP contribution in [0.4, 0.5) is 18.9 Å². The topological polar surface area (TPSA) is 66.4 Å². The van der Waals surface area contributed by atoms with Crippen molar-refractivity contribution in [1.29, 1.82) is 0 Å². The minimum atomic E-state index is -4.65. The van der Waals surface area contributed by atoms with Gasteiger partial charge in [0.2, 0.25) is 5.91 Å². The second-order valence-corrected chi connectivity index (χ2v) is 5.44. The molecule has 0 aliphatic heterocycles. The van der Waals surface area contributed by atoms with E-state index >= 15 is 0 Å². The number of anilines is 1. The molecule has 0 heterocycles. The molecular formula is C12H9BrF3NO3. The Labute approximate surface area is 120 Å². The fourth-order valence-electron chi connectivity index (χ4n) is 1.77. The molecule has 1 amide bonds. The zero-order valence-electron chi connectivity index (χ0n) is 9.92. The SMILES string of the molecule is O=C(O)C1(C(=O)Nc2ccc(Br)cc2C(F)(F)F)CC1. The van der Waals surface area contributed by atoms with Crippen molar-refractivity contribution < 1.29 is 27.9 Å². The molecule has 0 radical (unpaired) electrons. The van der Waals surface area contributed by atoms with Crippen LogP contribution in [-0.2, 0) is 15.8 Å². The Morgan fingerprint density at radius 3 is 2.35 bits per heavy atom. The van der Waals surface area contributed by atoms with Gasteiger partial charge in [-0.25, -0.2) is 0 Å². The number of hydrogen-bond donors (Lipinski definition) is 2. The van der Waals surface area contributed by atoms with Gasteiger partial charge in [0.1, 0.15) is 5.41 Å². The summed E-state index contributed by atoms with van der Waals surface area (Å²) in [6, 6.07) is 3.25. The van der Waals surface area contributed by atoms with Crippen LogP contribution in [0.3, 0.4) is 0 Å². The standard InChI is InChI=1S/C12H9BrF3NO3/c13-6-1-2-8(7(5-6)12(14,15)16)17-9(18)11(3-4-11)10(19)20/h1-2,5H,3-4H2,(H,17,18)(H,19,20). The molecule has 0 saturated heterocycles. The molecule has 0 aromatic heterocycles. The number of rotatable bonds is 3. The number of aliphatic carboxylic acids is 1. The smallest absolute Gasteiger partial charge is 0.418 e. The first-order chi connectivity index (χ1) is 9.17. The van der Waals surface area contributed by atoms with Gasteiger partial charge in [-0.1, -0.05) is 15.9 Å². The van der Waals surface area contributed by atoms with Crippen LogP contribution in [0.25, 0.3) is 0 Å². The molecule has 0 bridgehead atoms.